The van der Waals surface area contributed by atoms with E-state index in [2.05, 4.69) is 4.74 Å². The number of rotatable bonds is 2. The SMILES string of the molecule is COc1c(Cl)cc(C(C)(C)N)cc1C(F)(F)F. The number of hydrogen-bond acceptors (Lipinski definition) is 2. The summed E-state index contributed by atoms with van der Waals surface area (Å²) in [5.74, 6) is -0.382. The Kier molecular flexibility index (Phi) is 3.64. The number of hydrogen-bond donors (Lipinski definition) is 1. The van der Waals surface area contributed by atoms with Gasteiger partial charge in [-0.3, -0.25) is 0 Å². The molecule has 0 aliphatic rings. The number of nitrogens with two attached hydrogens (primary N) is 1. The molecule has 96 valence electrons. The molecule has 0 spiro atoms. The maximum absolute atomic E-state index is 12.8. The molecule has 6 heteroatoms. The van der Waals surface area contributed by atoms with E-state index in [1.54, 1.807) is 13.8 Å². The fourth-order valence-corrected chi connectivity index (χ4v) is 1.68. The van der Waals surface area contributed by atoms with Crippen LogP contribution in [0.25, 0.3) is 0 Å². The van der Waals surface area contributed by atoms with Crippen molar-refractivity contribution >= 4 is 11.6 Å². The highest BCUT2D eigenvalue weighted by Gasteiger charge is 2.36. The minimum absolute atomic E-state index is 0.101. The highest BCUT2D eigenvalue weighted by molar-refractivity contribution is 6.32. The third-order valence-corrected chi connectivity index (χ3v) is 2.58. The molecule has 0 unspecified atom stereocenters. The molecule has 0 atom stereocenters. The lowest BCUT2D eigenvalue weighted by atomic mass is 9.93. The van der Waals surface area contributed by atoms with Crippen LogP contribution in [0.2, 0.25) is 5.02 Å². The molecule has 2 N–H and O–H groups in total. The second kappa shape index (κ2) is 4.38. The molecule has 0 radical (unpaired) electrons. The fraction of sp³-hybridized carbons (Fsp3) is 0.455. The molecule has 0 saturated heterocycles. The average molecular weight is 268 g/mol. The van der Waals surface area contributed by atoms with E-state index in [9.17, 15) is 13.2 Å². The van der Waals surface area contributed by atoms with Crippen LogP contribution in [0.1, 0.15) is 25.0 Å². The molecule has 0 aliphatic carbocycles. The molecular weight excluding hydrogens is 255 g/mol. The maximum Gasteiger partial charge on any atom is 0.420 e. The summed E-state index contributed by atoms with van der Waals surface area (Å²) in [6.45, 7) is 3.20. The van der Waals surface area contributed by atoms with E-state index < -0.39 is 17.3 Å². The largest absolute Gasteiger partial charge is 0.495 e. The van der Waals surface area contributed by atoms with E-state index in [4.69, 9.17) is 17.3 Å². The van der Waals surface area contributed by atoms with Crippen LogP contribution < -0.4 is 10.5 Å². The minimum Gasteiger partial charge on any atom is -0.495 e. The van der Waals surface area contributed by atoms with Crippen LogP contribution in [0.3, 0.4) is 0 Å². The average Bonchev–Trinajstić information content (AvgIpc) is 2.13. The first-order valence-corrected chi connectivity index (χ1v) is 5.19. The zero-order chi connectivity index (χ0) is 13.4. The monoisotopic (exact) mass is 267 g/mol. The number of ether oxygens (including phenoxy) is 1. The first-order valence-electron chi connectivity index (χ1n) is 4.81. The van der Waals surface area contributed by atoms with Crippen molar-refractivity contribution in [1.29, 1.82) is 0 Å². The predicted molar refractivity (Wildman–Crippen MR) is 60.2 cm³/mol. The summed E-state index contributed by atoms with van der Waals surface area (Å²) in [6, 6.07) is 2.35. The minimum atomic E-state index is -4.53. The van der Waals surface area contributed by atoms with Gasteiger partial charge < -0.3 is 10.5 Å². The van der Waals surface area contributed by atoms with Crippen molar-refractivity contribution in [1.82, 2.24) is 0 Å². The normalized spacial score (nSPS) is 12.7. The van der Waals surface area contributed by atoms with Gasteiger partial charge >= 0.3 is 6.18 Å². The number of alkyl halides is 3. The lowest BCUT2D eigenvalue weighted by Gasteiger charge is -2.22. The molecule has 0 heterocycles. The van der Waals surface area contributed by atoms with Crippen molar-refractivity contribution in [2.24, 2.45) is 5.73 Å². The first-order chi connectivity index (χ1) is 7.57. The molecule has 0 saturated carbocycles. The van der Waals surface area contributed by atoms with E-state index in [1.165, 1.54) is 6.07 Å². The van der Waals surface area contributed by atoms with Crippen LogP contribution in [0, 0.1) is 0 Å². The van der Waals surface area contributed by atoms with Gasteiger partial charge in [0.05, 0.1) is 17.7 Å². The van der Waals surface area contributed by atoms with Gasteiger partial charge in [0.2, 0.25) is 0 Å². The zero-order valence-corrected chi connectivity index (χ0v) is 10.4. The van der Waals surface area contributed by atoms with E-state index in [-0.39, 0.29) is 10.8 Å². The van der Waals surface area contributed by atoms with Gasteiger partial charge in [-0.05, 0) is 31.5 Å². The summed E-state index contributed by atoms with van der Waals surface area (Å²) in [5, 5.41) is -0.101. The van der Waals surface area contributed by atoms with Crippen molar-refractivity contribution in [3.05, 3.63) is 28.3 Å². The van der Waals surface area contributed by atoms with Crippen LogP contribution in [-0.2, 0) is 11.7 Å². The highest BCUT2D eigenvalue weighted by Crippen LogP contribution is 2.42. The topological polar surface area (TPSA) is 35.2 Å². The molecule has 0 amide bonds. The van der Waals surface area contributed by atoms with Crippen molar-refractivity contribution in [2.45, 2.75) is 25.6 Å². The Morgan fingerprint density at radius 3 is 2.12 bits per heavy atom. The quantitative estimate of drug-likeness (QED) is 0.889. The van der Waals surface area contributed by atoms with E-state index >= 15 is 0 Å². The Labute approximate surface area is 103 Å². The van der Waals surface area contributed by atoms with E-state index in [1.807, 2.05) is 0 Å². The van der Waals surface area contributed by atoms with Crippen LogP contribution in [0.4, 0.5) is 13.2 Å². The first kappa shape index (κ1) is 14.1. The molecule has 1 rings (SSSR count). The smallest absolute Gasteiger partial charge is 0.420 e. The van der Waals surface area contributed by atoms with Gasteiger partial charge in [-0.15, -0.1) is 0 Å². The Bertz CT molecular complexity index is 424. The number of benzene rings is 1. The van der Waals surface area contributed by atoms with Crippen molar-refractivity contribution < 1.29 is 17.9 Å². The summed E-state index contributed by atoms with van der Waals surface area (Å²) in [7, 11) is 1.14. The van der Waals surface area contributed by atoms with Gasteiger partial charge in [0, 0.05) is 5.54 Å². The summed E-state index contributed by atoms with van der Waals surface area (Å²) >= 11 is 5.77. The molecule has 0 bridgehead atoms. The molecule has 0 aromatic heterocycles. The third kappa shape index (κ3) is 3.04. The molecule has 0 aliphatic heterocycles. The highest BCUT2D eigenvalue weighted by atomic mass is 35.5. The van der Waals surface area contributed by atoms with Gasteiger partial charge in [-0.25, -0.2) is 0 Å². The van der Waals surface area contributed by atoms with Gasteiger partial charge in [-0.2, -0.15) is 13.2 Å². The van der Waals surface area contributed by atoms with E-state index in [0.29, 0.717) is 5.56 Å². The summed E-state index contributed by atoms with van der Waals surface area (Å²) < 4.78 is 43.1. The van der Waals surface area contributed by atoms with E-state index in [0.717, 1.165) is 13.2 Å². The lowest BCUT2D eigenvalue weighted by molar-refractivity contribution is -0.138. The molecule has 0 fully saturated rings. The Morgan fingerprint density at radius 2 is 1.76 bits per heavy atom. The predicted octanol–water partition coefficient (Wildman–Crippen LogP) is 3.56. The van der Waals surface area contributed by atoms with Crippen molar-refractivity contribution in [2.75, 3.05) is 7.11 Å². The molecule has 2 nitrogen and oxygen atoms in total. The zero-order valence-electron chi connectivity index (χ0n) is 9.65. The Hall–Kier alpha value is -0.940. The van der Waals surface area contributed by atoms with Crippen LogP contribution in [-0.4, -0.2) is 7.11 Å². The summed E-state index contributed by atoms with van der Waals surface area (Å²) in [4.78, 5) is 0. The van der Waals surface area contributed by atoms with Crippen molar-refractivity contribution in [3.8, 4) is 5.75 Å². The fourth-order valence-electron chi connectivity index (χ4n) is 1.38. The van der Waals surface area contributed by atoms with Gasteiger partial charge in [0.1, 0.15) is 5.75 Å². The van der Waals surface area contributed by atoms with Crippen LogP contribution in [0.15, 0.2) is 12.1 Å². The van der Waals surface area contributed by atoms with Gasteiger partial charge in [0.25, 0.3) is 0 Å². The van der Waals surface area contributed by atoms with Crippen LogP contribution >= 0.6 is 11.6 Å². The second-order valence-electron chi connectivity index (χ2n) is 4.26. The number of halogens is 4. The third-order valence-electron chi connectivity index (χ3n) is 2.30. The molecule has 17 heavy (non-hydrogen) atoms. The Morgan fingerprint density at radius 1 is 1.24 bits per heavy atom. The van der Waals surface area contributed by atoms with Crippen LogP contribution in [0.5, 0.6) is 5.75 Å². The molecule has 1 aromatic carbocycles. The molecular formula is C11H13ClF3NO. The van der Waals surface area contributed by atoms with Crippen molar-refractivity contribution in [3.63, 3.8) is 0 Å². The van der Waals surface area contributed by atoms with Gasteiger partial charge in [-0.1, -0.05) is 11.6 Å². The molecule has 1 aromatic rings. The summed E-state index contributed by atoms with van der Waals surface area (Å²) in [5.41, 5.74) is 4.24. The Balaban J connectivity index is 3.51. The lowest BCUT2D eigenvalue weighted by Crippen LogP contribution is -2.29. The standard InChI is InChI=1S/C11H13ClF3NO/c1-10(2,16)6-4-7(11(13,14)15)9(17-3)8(12)5-6/h4-5H,16H2,1-3H3. The second-order valence-corrected chi connectivity index (χ2v) is 4.67. The maximum atomic E-state index is 12.8. The van der Waals surface area contributed by atoms with Gasteiger partial charge in [0.15, 0.2) is 0 Å². The number of methoxy groups -OCH3 is 1. The summed E-state index contributed by atoms with van der Waals surface area (Å²) in [6.07, 6.45) is -4.53.